The maximum Gasteiger partial charge on any atom is 0.322 e. The maximum absolute atomic E-state index is 5.72. The molecular weight excluding hydrogens is 332 g/mol. The predicted octanol–water partition coefficient (Wildman–Crippen LogP) is 4.50. The van der Waals surface area contributed by atoms with Crippen LogP contribution < -0.4 is 15.4 Å². The van der Waals surface area contributed by atoms with Crippen molar-refractivity contribution >= 4 is 23.0 Å². The molecule has 1 fully saturated rings. The molecule has 25 heavy (non-hydrogen) atoms. The second kappa shape index (κ2) is 8.25. The lowest BCUT2D eigenvalue weighted by Gasteiger charge is -2.24. The molecule has 0 atom stereocenters. The molecule has 6 heteroatoms. The Morgan fingerprint density at radius 2 is 1.68 bits per heavy atom. The average Bonchev–Trinajstić information content (AvgIpc) is 2.56. The number of hydrogen-bond acceptors (Lipinski definition) is 4. The van der Waals surface area contributed by atoms with Gasteiger partial charge in [0.2, 0.25) is 0 Å². The van der Waals surface area contributed by atoms with Crippen LogP contribution >= 0.6 is 12.2 Å². The van der Waals surface area contributed by atoms with Crippen LogP contribution in [0.25, 0.3) is 0 Å². The molecule has 1 aromatic carbocycles. The number of anilines is 1. The van der Waals surface area contributed by atoms with Gasteiger partial charge >= 0.3 is 6.01 Å². The molecule has 1 saturated carbocycles. The molecule has 0 spiro atoms. The maximum atomic E-state index is 5.72. The Morgan fingerprint density at radius 1 is 1.04 bits per heavy atom. The van der Waals surface area contributed by atoms with Crippen LogP contribution in [0, 0.1) is 13.8 Å². The lowest BCUT2D eigenvalue weighted by molar-refractivity contribution is 0.415. The van der Waals surface area contributed by atoms with Gasteiger partial charge in [-0.1, -0.05) is 19.3 Å². The van der Waals surface area contributed by atoms with Crippen molar-refractivity contribution in [2.75, 3.05) is 5.32 Å². The fraction of sp³-hybridized carbons (Fsp3) is 0.421. The number of benzene rings is 1. The predicted molar refractivity (Wildman–Crippen MR) is 104 cm³/mol. The molecule has 2 N–H and O–H groups in total. The van der Waals surface area contributed by atoms with Crippen LogP contribution in [0.1, 0.15) is 43.5 Å². The summed E-state index contributed by atoms with van der Waals surface area (Å²) in [6.07, 6.45) is 6.30. The quantitative estimate of drug-likeness (QED) is 0.786. The Kier molecular flexibility index (Phi) is 5.81. The van der Waals surface area contributed by atoms with Gasteiger partial charge in [0.1, 0.15) is 5.75 Å². The summed E-state index contributed by atoms with van der Waals surface area (Å²) in [7, 11) is 0. The first kappa shape index (κ1) is 17.6. The first-order valence-corrected chi connectivity index (χ1v) is 9.17. The van der Waals surface area contributed by atoms with Crippen LogP contribution in [0.3, 0.4) is 0 Å². The molecule has 2 aromatic rings. The number of rotatable bonds is 4. The molecule has 3 rings (SSSR count). The normalized spacial score (nSPS) is 14.8. The Hall–Kier alpha value is -2.21. The third-order valence-electron chi connectivity index (χ3n) is 4.22. The Labute approximate surface area is 154 Å². The molecule has 0 radical (unpaired) electrons. The Balaban J connectivity index is 1.55. The van der Waals surface area contributed by atoms with Crippen molar-refractivity contribution in [3.8, 4) is 11.8 Å². The van der Waals surface area contributed by atoms with Crippen molar-refractivity contribution in [3.63, 3.8) is 0 Å². The van der Waals surface area contributed by atoms with Crippen LogP contribution in [0.5, 0.6) is 11.8 Å². The van der Waals surface area contributed by atoms with Crippen LogP contribution in [-0.4, -0.2) is 21.1 Å². The van der Waals surface area contributed by atoms with Crippen LogP contribution in [0.2, 0.25) is 0 Å². The molecule has 0 aliphatic heterocycles. The minimum absolute atomic E-state index is 0.368. The minimum Gasteiger partial charge on any atom is -0.424 e. The van der Waals surface area contributed by atoms with E-state index in [1.807, 2.05) is 44.2 Å². The number of ether oxygens (including phenoxy) is 1. The van der Waals surface area contributed by atoms with Gasteiger partial charge in [0.25, 0.3) is 0 Å². The summed E-state index contributed by atoms with van der Waals surface area (Å²) < 4.78 is 5.72. The van der Waals surface area contributed by atoms with Crippen LogP contribution in [-0.2, 0) is 0 Å². The summed E-state index contributed by atoms with van der Waals surface area (Å²) in [6, 6.07) is 10.4. The number of hydrogen-bond donors (Lipinski definition) is 2. The van der Waals surface area contributed by atoms with Gasteiger partial charge in [0.05, 0.1) is 0 Å². The lowest BCUT2D eigenvalue weighted by atomic mass is 9.96. The van der Waals surface area contributed by atoms with Gasteiger partial charge in [-0.05, 0) is 69.2 Å². The summed E-state index contributed by atoms with van der Waals surface area (Å²) in [4.78, 5) is 8.57. The van der Waals surface area contributed by atoms with E-state index >= 15 is 0 Å². The van der Waals surface area contributed by atoms with Gasteiger partial charge in [-0.3, -0.25) is 0 Å². The first-order chi connectivity index (χ1) is 12.1. The van der Waals surface area contributed by atoms with Gasteiger partial charge in [-0.15, -0.1) is 0 Å². The molecule has 132 valence electrons. The van der Waals surface area contributed by atoms with E-state index in [9.17, 15) is 0 Å². The minimum atomic E-state index is 0.368. The van der Waals surface area contributed by atoms with Crippen molar-refractivity contribution in [2.24, 2.45) is 0 Å². The zero-order chi connectivity index (χ0) is 17.6. The second-order valence-corrected chi connectivity index (χ2v) is 6.90. The van der Waals surface area contributed by atoms with Crippen molar-refractivity contribution < 1.29 is 4.74 Å². The van der Waals surface area contributed by atoms with Crippen LogP contribution in [0.4, 0.5) is 5.69 Å². The second-order valence-electron chi connectivity index (χ2n) is 6.49. The van der Waals surface area contributed by atoms with E-state index in [-0.39, 0.29) is 0 Å². The highest BCUT2D eigenvalue weighted by Crippen LogP contribution is 2.21. The number of nitrogens with one attached hydrogen (secondary N) is 2. The Bertz CT molecular complexity index is 706. The van der Waals surface area contributed by atoms with E-state index in [2.05, 4.69) is 20.6 Å². The molecule has 0 saturated heterocycles. The monoisotopic (exact) mass is 356 g/mol. The van der Waals surface area contributed by atoms with Crippen molar-refractivity contribution in [3.05, 3.63) is 41.7 Å². The highest BCUT2D eigenvalue weighted by atomic mass is 32.1. The van der Waals surface area contributed by atoms with E-state index in [4.69, 9.17) is 17.0 Å². The molecule has 1 aliphatic rings. The topological polar surface area (TPSA) is 59.1 Å². The van der Waals surface area contributed by atoms with Gasteiger partial charge < -0.3 is 15.4 Å². The van der Waals surface area contributed by atoms with Crippen LogP contribution in [0.15, 0.2) is 30.3 Å². The van der Waals surface area contributed by atoms with Crippen molar-refractivity contribution in [1.29, 1.82) is 0 Å². The van der Waals surface area contributed by atoms with Crippen molar-refractivity contribution in [1.82, 2.24) is 15.3 Å². The molecular formula is C19H24N4OS. The molecule has 1 heterocycles. The third-order valence-corrected chi connectivity index (χ3v) is 4.44. The van der Waals surface area contributed by atoms with Crippen molar-refractivity contribution in [2.45, 2.75) is 52.0 Å². The molecule has 1 aliphatic carbocycles. The van der Waals surface area contributed by atoms with Gasteiger partial charge in [0.15, 0.2) is 5.11 Å². The van der Waals surface area contributed by atoms with E-state index in [1.54, 1.807) is 0 Å². The fourth-order valence-corrected chi connectivity index (χ4v) is 3.33. The van der Waals surface area contributed by atoms with Gasteiger partial charge in [-0.25, -0.2) is 9.97 Å². The molecule has 0 amide bonds. The molecule has 5 nitrogen and oxygen atoms in total. The zero-order valence-electron chi connectivity index (χ0n) is 14.7. The summed E-state index contributed by atoms with van der Waals surface area (Å²) in [5.74, 6) is 0.696. The highest BCUT2D eigenvalue weighted by Gasteiger charge is 2.14. The van der Waals surface area contributed by atoms with Gasteiger partial charge in [-0.2, -0.15) is 0 Å². The summed E-state index contributed by atoms with van der Waals surface area (Å²) in [5, 5.41) is 7.31. The third kappa shape index (κ3) is 5.39. The Morgan fingerprint density at radius 3 is 2.32 bits per heavy atom. The highest BCUT2D eigenvalue weighted by molar-refractivity contribution is 7.80. The van der Waals surface area contributed by atoms with E-state index in [0.717, 1.165) is 17.1 Å². The van der Waals surface area contributed by atoms with Gasteiger partial charge in [0, 0.05) is 23.1 Å². The SMILES string of the molecule is Cc1cc(C)nc(Oc2ccc(NC(=S)NC3CCCCC3)cc2)n1. The smallest absolute Gasteiger partial charge is 0.322 e. The largest absolute Gasteiger partial charge is 0.424 e. The number of nitrogens with zero attached hydrogens (tertiary/aromatic N) is 2. The molecule has 0 unspecified atom stereocenters. The number of thiocarbonyl (C=S) groups is 1. The van der Waals surface area contributed by atoms with E-state index in [0.29, 0.717) is 22.9 Å². The zero-order valence-corrected chi connectivity index (χ0v) is 15.5. The van der Waals surface area contributed by atoms with E-state index in [1.165, 1.54) is 32.1 Å². The first-order valence-electron chi connectivity index (χ1n) is 8.76. The number of aromatic nitrogens is 2. The summed E-state index contributed by atoms with van der Waals surface area (Å²) >= 11 is 5.41. The average molecular weight is 356 g/mol. The fourth-order valence-electron chi connectivity index (χ4n) is 3.05. The molecule has 0 bridgehead atoms. The summed E-state index contributed by atoms with van der Waals surface area (Å²) in [6.45, 7) is 3.85. The summed E-state index contributed by atoms with van der Waals surface area (Å²) in [5.41, 5.74) is 2.71. The number of aryl methyl sites for hydroxylation is 2. The standard InChI is InChI=1S/C19H24N4OS/c1-13-12-14(2)21-18(20-13)24-17-10-8-16(9-11-17)23-19(25)22-15-6-4-3-5-7-15/h8-12,15H,3-7H2,1-2H3,(H2,22,23,25). The van der Waals surface area contributed by atoms with E-state index < -0.39 is 0 Å². The molecule has 1 aromatic heterocycles. The lowest BCUT2D eigenvalue weighted by Crippen LogP contribution is -2.38.